The smallest absolute Gasteiger partial charge is 0.347 e. The van der Waals surface area contributed by atoms with Gasteiger partial charge in [-0.2, -0.15) is 4.98 Å². The molecule has 0 saturated carbocycles. The van der Waals surface area contributed by atoms with E-state index in [2.05, 4.69) is 25.8 Å². The molecule has 12 heteroatoms. The molecule has 0 radical (unpaired) electrons. The molecule has 0 saturated heterocycles. The highest BCUT2D eigenvalue weighted by atomic mass is 32.1. The van der Waals surface area contributed by atoms with Gasteiger partial charge in [0.25, 0.3) is 5.91 Å². The zero-order valence-electron chi connectivity index (χ0n) is 16.0. The number of rotatable bonds is 7. The summed E-state index contributed by atoms with van der Waals surface area (Å²) < 4.78 is 4.94. The van der Waals surface area contributed by atoms with Crippen molar-refractivity contribution in [2.24, 2.45) is 5.73 Å². The second kappa shape index (κ2) is 8.80. The van der Waals surface area contributed by atoms with Gasteiger partial charge < -0.3 is 26.0 Å². The van der Waals surface area contributed by atoms with Crippen LogP contribution in [0.3, 0.4) is 0 Å². The summed E-state index contributed by atoms with van der Waals surface area (Å²) in [6.45, 7) is 3.06. The molecule has 0 fully saturated rings. The second-order valence-electron chi connectivity index (χ2n) is 6.26. The van der Waals surface area contributed by atoms with Crippen LogP contribution < -0.4 is 16.4 Å². The number of hydrogen-bond acceptors (Lipinski definition) is 9. The number of nitrogens with one attached hydrogen (secondary N) is 2. The number of aromatic nitrogens is 3. The molecule has 1 aromatic carbocycles. The normalized spacial score (nSPS) is 11.7. The Labute approximate surface area is 174 Å². The fraction of sp³-hybridized carbons (Fsp3) is 0.222. The summed E-state index contributed by atoms with van der Waals surface area (Å²) in [7, 11) is 0. The Hall–Kier alpha value is -3.64. The second-order valence-corrected chi connectivity index (χ2v) is 7.26. The molecule has 3 aromatic rings. The van der Waals surface area contributed by atoms with Gasteiger partial charge in [0.2, 0.25) is 17.6 Å². The Kier molecular flexibility index (Phi) is 6.18. The first kappa shape index (κ1) is 21.1. The third-order valence-electron chi connectivity index (χ3n) is 3.95. The van der Waals surface area contributed by atoms with Crippen molar-refractivity contribution in [2.45, 2.75) is 19.9 Å². The highest BCUT2D eigenvalue weighted by molar-refractivity contribution is 7.17. The summed E-state index contributed by atoms with van der Waals surface area (Å²) in [4.78, 5) is 43.8. The fourth-order valence-corrected chi connectivity index (χ4v) is 3.27. The van der Waals surface area contributed by atoms with Crippen LogP contribution in [0, 0.1) is 13.8 Å². The van der Waals surface area contributed by atoms with Crippen LogP contribution in [-0.4, -0.2) is 50.6 Å². The largest absolute Gasteiger partial charge is 0.477 e. The SMILES string of the molecule is Cc1nc(-c2cccc(C(=O)NC[C@H](N)C(=O)Nc3nc(C)c(C(=O)O)s3)c2)no1. The number of nitrogens with zero attached hydrogens (tertiary/aromatic N) is 3. The van der Waals surface area contributed by atoms with E-state index in [0.29, 0.717) is 28.5 Å². The molecule has 2 amide bonds. The number of aromatic carboxylic acids is 1. The van der Waals surface area contributed by atoms with Gasteiger partial charge in [0.15, 0.2) is 5.13 Å². The minimum absolute atomic E-state index is 0.0313. The average molecular weight is 430 g/mol. The van der Waals surface area contributed by atoms with E-state index in [-0.39, 0.29) is 16.6 Å². The van der Waals surface area contributed by atoms with Crippen molar-refractivity contribution in [1.29, 1.82) is 0 Å². The number of anilines is 1. The Morgan fingerprint density at radius 2 is 2.03 bits per heavy atom. The minimum atomic E-state index is -1.12. The molecule has 2 aromatic heterocycles. The van der Waals surface area contributed by atoms with Crippen LogP contribution in [0.15, 0.2) is 28.8 Å². The number of carboxylic acids is 1. The highest BCUT2D eigenvalue weighted by Crippen LogP contribution is 2.22. The Morgan fingerprint density at radius 3 is 2.67 bits per heavy atom. The first-order valence-corrected chi connectivity index (χ1v) is 9.52. The van der Waals surface area contributed by atoms with Crippen LogP contribution in [0.4, 0.5) is 5.13 Å². The lowest BCUT2D eigenvalue weighted by Crippen LogP contribution is -2.45. The van der Waals surface area contributed by atoms with Gasteiger partial charge in [0.1, 0.15) is 10.9 Å². The summed E-state index contributed by atoms with van der Waals surface area (Å²) in [6, 6.07) is 5.55. The van der Waals surface area contributed by atoms with E-state index in [0.717, 1.165) is 11.3 Å². The number of carboxylic acid groups (broad SMARTS) is 1. The maximum absolute atomic E-state index is 12.4. The molecule has 0 bridgehead atoms. The maximum Gasteiger partial charge on any atom is 0.347 e. The van der Waals surface area contributed by atoms with E-state index in [1.807, 2.05) is 0 Å². The summed E-state index contributed by atoms with van der Waals surface area (Å²) in [6.07, 6.45) is 0. The molecule has 0 aliphatic heterocycles. The van der Waals surface area contributed by atoms with Crippen LogP contribution in [0.1, 0.15) is 31.6 Å². The number of carbonyl (C=O) groups is 3. The topological polar surface area (TPSA) is 173 Å². The predicted octanol–water partition coefficient (Wildman–Crippen LogP) is 1.20. The summed E-state index contributed by atoms with van der Waals surface area (Å²) in [5.41, 5.74) is 7.06. The van der Waals surface area contributed by atoms with Crippen molar-refractivity contribution in [1.82, 2.24) is 20.4 Å². The average Bonchev–Trinajstić information content (AvgIpc) is 3.31. The quantitative estimate of drug-likeness (QED) is 0.429. The highest BCUT2D eigenvalue weighted by Gasteiger charge is 2.20. The van der Waals surface area contributed by atoms with Crippen molar-refractivity contribution in [3.8, 4) is 11.4 Å². The van der Waals surface area contributed by atoms with E-state index in [1.165, 1.54) is 6.92 Å². The van der Waals surface area contributed by atoms with E-state index in [4.69, 9.17) is 15.4 Å². The Balaban J connectivity index is 1.58. The molecule has 3 rings (SSSR count). The predicted molar refractivity (Wildman–Crippen MR) is 107 cm³/mol. The van der Waals surface area contributed by atoms with Crippen molar-refractivity contribution in [3.05, 3.63) is 46.3 Å². The van der Waals surface area contributed by atoms with Crippen molar-refractivity contribution in [3.63, 3.8) is 0 Å². The fourth-order valence-electron chi connectivity index (χ4n) is 2.46. The Bertz CT molecular complexity index is 1110. The molecule has 0 aliphatic carbocycles. The minimum Gasteiger partial charge on any atom is -0.477 e. The molecule has 1 atom stereocenters. The lowest BCUT2D eigenvalue weighted by Gasteiger charge is -2.12. The van der Waals surface area contributed by atoms with Gasteiger partial charge in [-0.1, -0.05) is 28.6 Å². The number of nitrogens with two attached hydrogens (primary N) is 1. The number of amides is 2. The summed E-state index contributed by atoms with van der Waals surface area (Å²) >= 11 is 0.831. The van der Waals surface area contributed by atoms with E-state index in [9.17, 15) is 14.4 Å². The van der Waals surface area contributed by atoms with E-state index in [1.54, 1.807) is 31.2 Å². The van der Waals surface area contributed by atoms with Crippen molar-refractivity contribution >= 4 is 34.3 Å². The van der Waals surface area contributed by atoms with Crippen LogP contribution >= 0.6 is 11.3 Å². The molecule has 0 spiro atoms. The first-order valence-electron chi connectivity index (χ1n) is 8.70. The van der Waals surface area contributed by atoms with E-state index >= 15 is 0 Å². The molecular weight excluding hydrogens is 412 g/mol. The molecule has 5 N–H and O–H groups in total. The monoisotopic (exact) mass is 430 g/mol. The number of carbonyl (C=O) groups excluding carboxylic acids is 2. The maximum atomic E-state index is 12.4. The molecule has 11 nitrogen and oxygen atoms in total. The van der Waals surface area contributed by atoms with Gasteiger partial charge in [0, 0.05) is 24.6 Å². The van der Waals surface area contributed by atoms with Crippen LogP contribution in [-0.2, 0) is 4.79 Å². The van der Waals surface area contributed by atoms with Crippen LogP contribution in [0.25, 0.3) is 11.4 Å². The lowest BCUT2D eigenvalue weighted by molar-refractivity contribution is -0.117. The first-order chi connectivity index (χ1) is 14.2. The number of thiazole rings is 1. The summed E-state index contributed by atoms with van der Waals surface area (Å²) in [5.74, 6) is -1.39. The molecule has 2 heterocycles. The number of benzene rings is 1. The van der Waals surface area contributed by atoms with Gasteiger partial charge in [-0.25, -0.2) is 9.78 Å². The zero-order valence-corrected chi connectivity index (χ0v) is 16.8. The van der Waals surface area contributed by atoms with Gasteiger partial charge in [-0.05, 0) is 19.1 Å². The van der Waals surface area contributed by atoms with Gasteiger partial charge in [0.05, 0.1) is 5.69 Å². The van der Waals surface area contributed by atoms with Crippen molar-refractivity contribution in [2.75, 3.05) is 11.9 Å². The van der Waals surface area contributed by atoms with Crippen LogP contribution in [0.5, 0.6) is 0 Å². The van der Waals surface area contributed by atoms with Gasteiger partial charge >= 0.3 is 5.97 Å². The third-order valence-corrected chi connectivity index (χ3v) is 5.01. The third kappa shape index (κ3) is 4.85. The molecule has 0 unspecified atom stereocenters. The Morgan fingerprint density at radius 1 is 1.27 bits per heavy atom. The molecule has 0 aliphatic rings. The molecular formula is C18H18N6O5S. The van der Waals surface area contributed by atoms with Crippen molar-refractivity contribution < 1.29 is 24.0 Å². The summed E-state index contributed by atoms with van der Waals surface area (Å²) in [5, 5.41) is 18.0. The number of aryl methyl sites for hydroxylation is 2. The molecule has 30 heavy (non-hydrogen) atoms. The van der Waals surface area contributed by atoms with Crippen LogP contribution in [0.2, 0.25) is 0 Å². The van der Waals surface area contributed by atoms with E-state index < -0.39 is 23.8 Å². The standard InChI is InChI=1S/C18H18N6O5S/c1-8-13(17(27)28)30-18(21-8)23-16(26)12(19)7-20-15(25)11-5-3-4-10(6-11)14-22-9(2)29-24-14/h3-6,12H,7,19H2,1-2H3,(H,20,25)(H,27,28)(H,21,23,26)/t12-/m0/s1. The van der Waals surface area contributed by atoms with Gasteiger partial charge in [-0.15, -0.1) is 0 Å². The molecule has 156 valence electrons. The zero-order chi connectivity index (χ0) is 21.8. The van der Waals surface area contributed by atoms with Gasteiger partial charge in [-0.3, -0.25) is 9.59 Å². The lowest BCUT2D eigenvalue weighted by atomic mass is 10.1. The number of hydrogen-bond donors (Lipinski definition) is 4.